The highest BCUT2D eigenvalue weighted by atomic mass is 16.5. The fraction of sp³-hybridized carbons (Fsp3) is 0.357. The van der Waals surface area contributed by atoms with Crippen LogP contribution in [0.1, 0.15) is 12.5 Å². The largest absolute Gasteiger partial charge is 0.383 e. The van der Waals surface area contributed by atoms with Crippen LogP contribution in [0.2, 0.25) is 0 Å². The number of ether oxygens (including phenoxy) is 1. The maximum absolute atomic E-state index is 5.07. The lowest BCUT2D eigenvalue weighted by Gasteiger charge is -2.09. The van der Waals surface area contributed by atoms with E-state index in [-0.39, 0.29) is 0 Å². The maximum Gasteiger partial charge on any atom is 0.207 e. The molecule has 0 aliphatic rings. The zero-order chi connectivity index (χ0) is 12.8. The Morgan fingerprint density at radius 2 is 2.06 bits per heavy atom. The number of hydrogen-bond donors (Lipinski definition) is 1. The van der Waals surface area contributed by atoms with Crippen LogP contribution in [-0.4, -0.2) is 23.3 Å². The molecule has 1 N–H and O–H groups in total. The molecule has 2 rings (SSSR count). The van der Waals surface area contributed by atoms with E-state index < -0.39 is 0 Å². The summed E-state index contributed by atoms with van der Waals surface area (Å²) in [6, 6.07) is 8.41. The lowest BCUT2D eigenvalue weighted by Crippen LogP contribution is -2.07. The minimum Gasteiger partial charge on any atom is -0.383 e. The smallest absolute Gasteiger partial charge is 0.207 e. The van der Waals surface area contributed by atoms with Gasteiger partial charge in [0.05, 0.1) is 6.61 Å². The first-order valence-electron chi connectivity index (χ1n) is 6.19. The van der Waals surface area contributed by atoms with Gasteiger partial charge in [0.15, 0.2) is 0 Å². The third-order valence-corrected chi connectivity index (χ3v) is 2.87. The summed E-state index contributed by atoms with van der Waals surface area (Å²) < 4.78 is 7.11. The van der Waals surface area contributed by atoms with Crippen molar-refractivity contribution in [3.8, 4) is 0 Å². The number of imidazole rings is 1. The van der Waals surface area contributed by atoms with E-state index in [1.165, 1.54) is 5.56 Å². The molecular weight excluding hydrogens is 226 g/mol. The number of hydrogen-bond acceptors (Lipinski definition) is 3. The molecule has 0 bridgehead atoms. The van der Waals surface area contributed by atoms with Crippen LogP contribution in [0.3, 0.4) is 0 Å². The van der Waals surface area contributed by atoms with Crippen molar-refractivity contribution in [1.29, 1.82) is 0 Å². The monoisotopic (exact) mass is 245 g/mol. The standard InChI is InChI=1S/C14H19N3O/c1-3-12-4-6-13(7-5-12)16-14-15-8-9-17(14)10-11-18-2/h4-9H,3,10-11H2,1-2H3,(H,15,16). The predicted octanol–water partition coefficient (Wildman–Crippen LogP) is 2.84. The van der Waals surface area contributed by atoms with Crippen molar-refractivity contribution in [3.63, 3.8) is 0 Å². The summed E-state index contributed by atoms with van der Waals surface area (Å²) in [6.07, 6.45) is 4.79. The number of anilines is 2. The van der Waals surface area contributed by atoms with Crippen LogP contribution in [0.5, 0.6) is 0 Å². The van der Waals surface area contributed by atoms with E-state index in [1.54, 1.807) is 13.3 Å². The third kappa shape index (κ3) is 3.11. The van der Waals surface area contributed by atoms with Crippen molar-refractivity contribution < 1.29 is 4.74 Å². The number of nitrogens with zero attached hydrogens (tertiary/aromatic N) is 2. The molecule has 0 aliphatic heterocycles. The summed E-state index contributed by atoms with van der Waals surface area (Å²) in [6.45, 7) is 3.63. The number of benzene rings is 1. The highest BCUT2D eigenvalue weighted by molar-refractivity contribution is 5.54. The van der Waals surface area contributed by atoms with Gasteiger partial charge < -0.3 is 14.6 Å². The topological polar surface area (TPSA) is 39.1 Å². The fourth-order valence-electron chi connectivity index (χ4n) is 1.76. The van der Waals surface area contributed by atoms with Crippen molar-refractivity contribution >= 4 is 11.6 Å². The van der Waals surface area contributed by atoms with Crippen LogP contribution >= 0.6 is 0 Å². The van der Waals surface area contributed by atoms with Crippen molar-refractivity contribution in [3.05, 3.63) is 42.2 Å². The molecule has 2 aromatic rings. The normalized spacial score (nSPS) is 10.6. The highest BCUT2D eigenvalue weighted by Gasteiger charge is 2.02. The van der Waals surface area contributed by atoms with Gasteiger partial charge in [-0.25, -0.2) is 4.98 Å². The Balaban J connectivity index is 2.05. The Morgan fingerprint density at radius 1 is 1.28 bits per heavy atom. The van der Waals surface area contributed by atoms with Gasteiger partial charge in [0.1, 0.15) is 0 Å². The number of rotatable bonds is 6. The molecule has 0 saturated carbocycles. The Bertz CT molecular complexity index is 476. The Morgan fingerprint density at radius 3 is 2.72 bits per heavy atom. The summed E-state index contributed by atoms with van der Waals surface area (Å²) in [5.41, 5.74) is 2.39. The van der Waals surface area contributed by atoms with Crippen molar-refractivity contribution in [1.82, 2.24) is 9.55 Å². The van der Waals surface area contributed by atoms with Gasteiger partial charge in [0.25, 0.3) is 0 Å². The summed E-state index contributed by atoms with van der Waals surface area (Å²) in [7, 11) is 1.70. The second kappa shape index (κ2) is 6.21. The Labute approximate surface area is 108 Å². The first-order valence-corrected chi connectivity index (χ1v) is 6.19. The molecule has 4 nitrogen and oxygen atoms in total. The summed E-state index contributed by atoms with van der Waals surface area (Å²) >= 11 is 0. The van der Waals surface area contributed by atoms with Gasteiger partial charge >= 0.3 is 0 Å². The first-order chi connectivity index (χ1) is 8.83. The molecule has 18 heavy (non-hydrogen) atoms. The van der Waals surface area contributed by atoms with Gasteiger partial charge in [-0.2, -0.15) is 0 Å². The summed E-state index contributed by atoms with van der Waals surface area (Å²) in [5, 5.41) is 3.31. The molecule has 0 aliphatic carbocycles. The van der Waals surface area contributed by atoms with Gasteiger partial charge in [-0.05, 0) is 24.1 Å². The molecule has 1 heterocycles. The number of aryl methyl sites for hydroxylation is 1. The van der Waals surface area contributed by atoms with Crippen LogP contribution < -0.4 is 5.32 Å². The lowest BCUT2D eigenvalue weighted by molar-refractivity contribution is 0.188. The van der Waals surface area contributed by atoms with Crippen LogP contribution in [0.4, 0.5) is 11.6 Å². The van der Waals surface area contributed by atoms with Crippen LogP contribution in [0.15, 0.2) is 36.7 Å². The minimum atomic E-state index is 0.680. The molecule has 0 atom stereocenters. The van der Waals surface area contributed by atoms with Gasteiger partial charge in [-0.1, -0.05) is 19.1 Å². The Hall–Kier alpha value is -1.81. The third-order valence-electron chi connectivity index (χ3n) is 2.87. The predicted molar refractivity (Wildman–Crippen MR) is 73.2 cm³/mol. The van der Waals surface area contributed by atoms with E-state index in [1.807, 2.05) is 10.8 Å². The zero-order valence-electron chi connectivity index (χ0n) is 10.9. The highest BCUT2D eigenvalue weighted by Crippen LogP contribution is 2.15. The Kier molecular flexibility index (Phi) is 4.36. The average Bonchev–Trinajstić information content (AvgIpc) is 2.84. The molecule has 1 aromatic carbocycles. The second-order valence-electron chi connectivity index (χ2n) is 4.11. The SMILES string of the molecule is CCc1ccc(Nc2nccn2CCOC)cc1. The van der Waals surface area contributed by atoms with Crippen molar-refractivity contribution in [2.24, 2.45) is 0 Å². The van der Waals surface area contributed by atoms with Crippen molar-refractivity contribution in [2.45, 2.75) is 19.9 Å². The number of methoxy groups -OCH3 is 1. The first kappa shape index (κ1) is 12.6. The molecule has 0 amide bonds. The van der Waals surface area contributed by atoms with Gasteiger partial charge in [0, 0.05) is 31.7 Å². The van der Waals surface area contributed by atoms with Gasteiger partial charge in [-0.15, -0.1) is 0 Å². The lowest BCUT2D eigenvalue weighted by atomic mass is 10.1. The van der Waals surface area contributed by atoms with Crippen LogP contribution in [0, 0.1) is 0 Å². The van der Waals surface area contributed by atoms with Crippen LogP contribution in [-0.2, 0) is 17.7 Å². The summed E-state index contributed by atoms with van der Waals surface area (Å²) in [5.74, 6) is 0.844. The molecule has 4 heteroatoms. The molecule has 0 unspecified atom stereocenters. The molecule has 0 saturated heterocycles. The van der Waals surface area contributed by atoms with E-state index in [9.17, 15) is 0 Å². The van der Waals surface area contributed by atoms with E-state index in [0.29, 0.717) is 6.61 Å². The quantitative estimate of drug-likeness (QED) is 0.850. The van der Waals surface area contributed by atoms with E-state index in [0.717, 1.165) is 24.6 Å². The average molecular weight is 245 g/mol. The number of nitrogens with one attached hydrogen (secondary N) is 1. The van der Waals surface area contributed by atoms with Crippen molar-refractivity contribution in [2.75, 3.05) is 19.0 Å². The van der Waals surface area contributed by atoms with Gasteiger partial charge in [0.2, 0.25) is 5.95 Å². The van der Waals surface area contributed by atoms with E-state index in [4.69, 9.17) is 4.74 Å². The molecular formula is C14H19N3O. The van der Waals surface area contributed by atoms with E-state index in [2.05, 4.69) is 41.5 Å². The fourth-order valence-corrected chi connectivity index (χ4v) is 1.76. The molecule has 0 spiro atoms. The zero-order valence-corrected chi connectivity index (χ0v) is 10.9. The number of aromatic nitrogens is 2. The molecule has 96 valence electrons. The second-order valence-corrected chi connectivity index (χ2v) is 4.11. The summed E-state index contributed by atoms with van der Waals surface area (Å²) in [4.78, 5) is 4.30. The maximum atomic E-state index is 5.07. The molecule has 0 fully saturated rings. The minimum absolute atomic E-state index is 0.680. The van der Waals surface area contributed by atoms with E-state index >= 15 is 0 Å². The molecule has 1 aromatic heterocycles. The van der Waals surface area contributed by atoms with Crippen LogP contribution in [0.25, 0.3) is 0 Å². The molecule has 0 radical (unpaired) electrons. The van der Waals surface area contributed by atoms with Gasteiger partial charge in [-0.3, -0.25) is 0 Å².